The second-order valence-corrected chi connectivity index (χ2v) is 8.02. The zero-order valence-electron chi connectivity index (χ0n) is 15.9. The maximum absolute atomic E-state index is 9.53. The number of methoxy groups -OCH3 is 2. The monoisotopic (exact) mass is 410 g/mol. The van der Waals surface area contributed by atoms with Crippen molar-refractivity contribution >= 4 is 22.9 Å². The van der Waals surface area contributed by atoms with Gasteiger partial charge in [0.25, 0.3) is 0 Å². The van der Waals surface area contributed by atoms with Crippen LogP contribution < -0.4 is 9.47 Å². The lowest BCUT2D eigenvalue weighted by Crippen LogP contribution is -2.52. The lowest BCUT2D eigenvalue weighted by atomic mass is 10.1. The van der Waals surface area contributed by atoms with E-state index >= 15 is 0 Å². The van der Waals surface area contributed by atoms with Crippen molar-refractivity contribution in [2.75, 3.05) is 40.5 Å². The standard InChI is InChI=1S/C20H27ClN2O3S/c1-25-19-10-17(21)9-16(20(19)26-2)12-22-5-6-23(18(13-22)3-7-24)11-15-4-8-27-14-15/h4,8-10,14,18,24H,3,5-7,11-13H2,1-2H3. The molecule has 148 valence electrons. The van der Waals surface area contributed by atoms with Gasteiger partial charge in [0.2, 0.25) is 0 Å². The van der Waals surface area contributed by atoms with Crippen molar-refractivity contribution in [3.63, 3.8) is 0 Å². The van der Waals surface area contributed by atoms with Gasteiger partial charge in [0.15, 0.2) is 11.5 Å². The van der Waals surface area contributed by atoms with Crippen LogP contribution in [-0.4, -0.2) is 61.4 Å². The molecule has 1 atom stereocenters. The van der Waals surface area contributed by atoms with Crippen LogP contribution in [-0.2, 0) is 13.1 Å². The molecular weight excluding hydrogens is 384 g/mol. The summed E-state index contributed by atoms with van der Waals surface area (Å²) in [6, 6.07) is 6.23. The molecule has 1 aromatic carbocycles. The quantitative estimate of drug-likeness (QED) is 0.721. The molecule has 1 aromatic heterocycles. The second-order valence-electron chi connectivity index (χ2n) is 6.80. The summed E-state index contributed by atoms with van der Waals surface area (Å²) in [5.74, 6) is 1.39. The third-order valence-corrected chi connectivity index (χ3v) is 5.98. The topological polar surface area (TPSA) is 45.2 Å². The van der Waals surface area contributed by atoms with E-state index in [0.29, 0.717) is 16.8 Å². The summed E-state index contributed by atoms with van der Waals surface area (Å²) in [6.45, 7) is 4.73. The number of benzene rings is 1. The Balaban J connectivity index is 1.71. The smallest absolute Gasteiger partial charge is 0.165 e. The maximum Gasteiger partial charge on any atom is 0.165 e. The number of rotatable bonds is 8. The number of aliphatic hydroxyl groups is 1. The molecule has 2 heterocycles. The van der Waals surface area contributed by atoms with Crippen LogP contribution >= 0.6 is 22.9 Å². The Labute approximate surface area is 170 Å². The van der Waals surface area contributed by atoms with Crippen LogP contribution in [0, 0.1) is 0 Å². The molecule has 0 amide bonds. The Bertz CT molecular complexity index is 726. The number of hydrogen-bond acceptors (Lipinski definition) is 6. The number of aliphatic hydroxyl groups excluding tert-OH is 1. The minimum absolute atomic E-state index is 0.201. The first-order valence-corrected chi connectivity index (χ1v) is 10.5. The molecule has 1 fully saturated rings. The van der Waals surface area contributed by atoms with Gasteiger partial charge in [0.05, 0.1) is 14.2 Å². The van der Waals surface area contributed by atoms with Crippen molar-refractivity contribution < 1.29 is 14.6 Å². The van der Waals surface area contributed by atoms with Gasteiger partial charge in [0.1, 0.15) is 0 Å². The minimum atomic E-state index is 0.201. The lowest BCUT2D eigenvalue weighted by molar-refractivity contribution is 0.0497. The van der Waals surface area contributed by atoms with E-state index in [0.717, 1.165) is 50.5 Å². The summed E-state index contributed by atoms with van der Waals surface area (Å²) >= 11 is 7.99. The van der Waals surface area contributed by atoms with Gasteiger partial charge in [-0.05, 0) is 34.9 Å². The Morgan fingerprint density at radius 3 is 2.74 bits per heavy atom. The Morgan fingerprint density at radius 1 is 1.22 bits per heavy atom. The van der Waals surface area contributed by atoms with E-state index in [1.54, 1.807) is 31.6 Å². The van der Waals surface area contributed by atoms with E-state index in [1.165, 1.54) is 5.56 Å². The first-order chi connectivity index (χ1) is 13.1. The SMILES string of the molecule is COc1cc(Cl)cc(CN2CCN(Cc3ccsc3)C(CCO)C2)c1OC. The molecule has 27 heavy (non-hydrogen) atoms. The fraction of sp³-hybridized carbons (Fsp3) is 0.500. The molecule has 2 aromatic rings. The van der Waals surface area contributed by atoms with Gasteiger partial charge in [-0.2, -0.15) is 11.3 Å². The van der Waals surface area contributed by atoms with Crippen molar-refractivity contribution in [3.05, 3.63) is 45.1 Å². The molecule has 0 saturated carbocycles. The van der Waals surface area contributed by atoms with E-state index in [2.05, 4.69) is 26.6 Å². The van der Waals surface area contributed by atoms with Crippen molar-refractivity contribution in [1.82, 2.24) is 9.80 Å². The summed E-state index contributed by atoms with van der Waals surface area (Å²) in [5, 5.41) is 14.5. The highest BCUT2D eigenvalue weighted by Crippen LogP contribution is 2.35. The largest absolute Gasteiger partial charge is 0.493 e. The van der Waals surface area contributed by atoms with Crippen LogP contribution in [0.1, 0.15) is 17.5 Å². The van der Waals surface area contributed by atoms with Crippen molar-refractivity contribution in [2.45, 2.75) is 25.6 Å². The Hall–Kier alpha value is -1.31. The summed E-state index contributed by atoms with van der Waals surface area (Å²) in [4.78, 5) is 4.88. The fourth-order valence-corrected chi connectivity index (χ4v) is 4.60. The van der Waals surface area contributed by atoms with Crippen LogP contribution in [0.15, 0.2) is 29.0 Å². The van der Waals surface area contributed by atoms with Crippen molar-refractivity contribution in [2.24, 2.45) is 0 Å². The average molecular weight is 411 g/mol. The highest BCUT2D eigenvalue weighted by atomic mass is 35.5. The summed E-state index contributed by atoms with van der Waals surface area (Å²) in [6.07, 6.45) is 0.774. The zero-order valence-corrected chi connectivity index (χ0v) is 17.4. The Morgan fingerprint density at radius 2 is 2.07 bits per heavy atom. The van der Waals surface area contributed by atoms with E-state index in [1.807, 2.05) is 6.07 Å². The first kappa shape index (κ1) is 20.4. The molecule has 1 aliphatic heterocycles. The number of nitrogens with zero attached hydrogens (tertiary/aromatic N) is 2. The third-order valence-electron chi connectivity index (χ3n) is 5.03. The van der Waals surface area contributed by atoms with Gasteiger partial charge in [-0.25, -0.2) is 0 Å². The highest BCUT2D eigenvalue weighted by molar-refractivity contribution is 7.07. The second kappa shape index (κ2) is 9.75. The average Bonchev–Trinajstić information content (AvgIpc) is 3.16. The summed E-state index contributed by atoms with van der Waals surface area (Å²) in [5.41, 5.74) is 2.37. The lowest BCUT2D eigenvalue weighted by Gasteiger charge is -2.41. The molecule has 1 N–H and O–H groups in total. The highest BCUT2D eigenvalue weighted by Gasteiger charge is 2.27. The molecule has 0 radical (unpaired) electrons. The molecule has 0 spiro atoms. The summed E-state index contributed by atoms with van der Waals surface area (Å²) < 4.78 is 11.0. The van der Waals surface area contributed by atoms with Crippen LogP contribution in [0.25, 0.3) is 0 Å². The third kappa shape index (κ3) is 5.15. The molecule has 1 aliphatic rings. The van der Waals surface area contributed by atoms with Gasteiger partial charge >= 0.3 is 0 Å². The minimum Gasteiger partial charge on any atom is -0.493 e. The van der Waals surface area contributed by atoms with Gasteiger partial charge in [0, 0.05) is 62.0 Å². The van der Waals surface area contributed by atoms with Crippen LogP contribution in [0.3, 0.4) is 0 Å². The van der Waals surface area contributed by atoms with Crippen molar-refractivity contribution in [1.29, 1.82) is 0 Å². The van der Waals surface area contributed by atoms with Gasteiger partial charge in [-0.1, -0.05) is 11.6 Å². The van der Waals surface area contributed by atoms with E-state index in [-0.39, 0.29) is 6.61 Å². The first-order valence-electron chi connectivity index (χ1n) is 9.13. The number of thiophene rings is 1. The van der Waals surface area contributed by atoms with Crippen LogP contribution in [0.2, 0.25) is 5.02 Å². The fourth-order valence-electron chi connectivity index (χ4n) is 3.71. The van der Waals surface area contributed by atoms with Crippen LogP contribution in [0.4, 0.5) is 0 Å². The van der Waals surface area contributed by atoms with E-state index in [9.17, 15) is 5.11 Å². The van der Waals surface area contributed by atoms with Gasteiger partial charge in [-0.15, -0.1) is 0 Å². The van der Waals surface area contributed by atoms with E-state index in [4.69, 9.17) is 21.1 Å². The predicted molar refractivity (Wildman–Crippen MR) is 110 cm³/mol. The number of hydrogen-bond donors (Lipinski definition) is 1. The van der Waals surface area contributed by atoms with Crippen molar-refractivity contribution in [3.8, 4) is 11.5 Å². The Kier molecular flexibility index (Phi) is 7.38. The van der Waals surface area contributed by atoms with E-state index < -0.39 is 0 Å². The zero-order chi connectivity index (χ0) is 19.2. The molecule has 0 aliphatic carbocycles. The molecule has 7 heteroatoms. The molecular formula is C20H27ClN2O3S. The molecule has 3 rings (SSSR count). The van der Waals surface area contributed by atoms with Gasteiger partial charge < -0.3 is 14.6 Å². The maximum atomic E-state index is 9.53. The molecule has 5 nitrogen and oxygen atoms in total. The predicted octanol–water partition coefficient (Wildman–Crippen LogP) is 3.49. The number of ether oxygens (including phenoxy) is 2. The number of halogens is 1. The molecule has 1 unspecified atom stereocenters. The van der Waals surface area contributed by atoms with Crippen LogP contribution in [0.5, 0.6) is 11.5 Å². The van der Waals surface area contributed by atoms with Gasteiger partial charge in [-0.3, -0.25) is 9.80 Å². The molecule has 1 saturated heterocycles. The molecule has 0 bridgehead atoms. The summed E-state index contributed by atoms with van der Waals surface area (Å²) in [7, 11) is 3.28. The normalized spacial score (nSPS) is 18.6. The number of piperazine rings is 1.